The number of hydrogen-bond acceptors (Lipinski definition) is 4. The molecule has 0 aromatic rings. The Morgan fingerprint density at radius 3 is 2.66 bits per heavy atom. The predicted octanol–water partition coefficient (Wildman–Crippen LogP) is 3.54. The van der Waals surface area contributed by atoms with Crippen molar-refractivity contribution in [3.8, 4) is 0 Å². The molecule has 5 nitrogen and oxygen atoms in total. The van der Waals surface area contributed by atoms with E-state index in [0.717, 1.165) is 6.42 Å². The molecule has 160 valence electrons. The molecule has 0 saturated carbocycles. The molecular formula is C24H35NO4. The van der Waals surface area contributed by atoms with E-state index in [4.69, 9.17) is 4.74 Å². The van der Waals surface area contributed by atoms with Crippen LogP contribution in [0.3, 0.4) is 0 Å². The molecule has 5 heteroatoms. The Morgan fingerprint density at radius 2 is 1.97 bits per heavy atom. The quantitative estimate of drug-likeness (QED) is 0.548. The van der Waals surface area contributed by atoms with Crippen LogP contribution in [0.4, 0.5) is 0 Å². The van der Waals surface area contributed by atoms with Crippen LogP contribution in [0.5, 0.6) is 0 Å². The molecule has 1 spiro atoms. The van der Waals surface area contributed by atoms with Crippen LogP contribution in [0.15, 0.2) is 36.0 Å². The Kier molecular flexibility index (Phi) is 6.37. The molecule has 0 aromatic carbocycles. The predicted molar refractivity (Wildman–Crippen MR) is 113 cm³/mol. The van der Waals surface area contributed by atoms with Crippen molar-refractivity contribution < 1.29 is 19.4 Å². The maximum Gasteiger partial charge on any atom is 0.310 e. The summed E-state index contributed by atoms with van der Waals surface area (Å²) in [5.41, 5.74) is 0.0164. The highest BCUT2D eigenvalue weighted by molar-refractivity contribution is 5.92. The first-order valence-corrected chi connectivity index (χ1v) is 10.9. The van der Waals surface area contributed by atoms with Crippen LogP contribution < -0.4 is 5.32 Å². The van der Waals surface area contributed by atoms with Gasteiger partial charge in [0.1, 0.15) is 0 Å². The summed E-state index contributed by atoms with van der Waals surface area (Å²) >= 11 is 0. The minimum atomic E-state index is -1.21. The van der Waals surface area contributed by atoms with Gasteiger partial charge in [-0.2, -0.15) is 0 Å². The average molecular weight is 402 g/mol. The third-order valence-corrected chi connectivity index (χ3v) is 6.85. The van der Waals surface area contributed by atoms with Gasteiger partial charge in [-0.15, -0.1) is 0 Å². The summed E-state index contributed by atoms with van der Waals surface area (Å²) < 4.78 is 6.06. The first-order chi connectivity index (χ1) is 13.7. The van der Waals surface area contributed by atoms with Gasteiger partial charge in [-0.3, -0.25) is 9.59 Å². The van der Waals surface area contributed by atoms with Crippen LogP contribution in [-0.2, 0) is 14.3 Å². The van der Waals surface area contributed by atoms with E-state index in [1.54, 1.807) is 12.2 Å². The van der Waals surface area contributed by atoms with Gasteiger partial charge in [0, 0.05) is 17.9 Å². The Morgan fingerprint density at radius 1 is 1.24 bits per heavy atom. The standard InChI is InChI=1S/C24H35NO4/c1-14(2)12-19-22-17(5)16(4)13-18-9-6-8-15(3)20(26)10-7-11-21(27)29-24(18,22)23(28)25-19/h6-7,9-10,13-15,17-20,22,26H,8,11-12H2,1-5H3,(H,25,28). The zero-order valence-corrected chi connectivity index (χ0v) is 18.2. The Balaban J connectivity index is 2.08. The molecule has 0 radical (unpaired) electrons. The SMILES string of the molecule is CC1=CC2C=CCC(C)C(O)C=CCC(=O)OC23C(=O)NC(CC(C)C)C3C1C. The fourth-order valence-corrected chi connectivity index (χ4v) is 5.15. The first-order valence-electron chi connectivity index (χ1n) is 10.9. The van der Waals surface area contributed by atoms with Crippen molar-refractivity contribution in [3.05, 3.63) is 36.0 Å². The van der Waals surface area contributed by atoms with Gasteiger partial charge in [0.15, 0.2) is 0 Å². The van der Waals surface area contributed by atoms with E-state index in [9.17, 15) is 14.7 Å². The van der Waals surface area contributed by atoms with Crippen LogP contribution in [0.1, 0.15) is 53.9 Å². The Hall–Kier alpha value is -1.88. The third-order valence-electron chi connectivity index (χ3n) is 6.85. The molecule has 2 N–H and O–H groups in total. The summed E-state index contributed by atoms with van der Waals surface area (Å²) in [6, 6.07) is -0.0194. The molecule has 1 fully saturated rings. The van der Waals surface area contributed by atoms with Gasteiger partial charge in [-0.25, -0.2) is 0 Å². The molecule has 3 aliphatic rings. The zero-order valence-electron chi connectivity index (χ0n) is 18.2. The summed E-state index contributed by atoms with van der Waals surface area (Å²) in [6.45, 7) is 10.5. The van der Waals surface area contributed by atoms with Gasteiger partial charge in [-0.05, 0) is 37.5 Å². The number of amides is 1. The minimum Gasteiger partial charge on any atom is -0.447 e. The molecular weight excluding hydrogens is 366 g/mol. The molecule has 0 aromatic heterocycles. The lowest BCUT2D eigenvalue weighted by Crippen LogP contribution is -2.56. The van der Waals surface area contributed by atoms with Gasteiger partial charge in [-0.1, -0.05) is 63.6 Å². The normalized spacial score (nSPS) is 40.3. The van der Waals surface area contributed by atoms with Crippen LogP contribution >= 0.6 is 0 Å². The number of aliphatic hydroxyl groups excluding tert-OH is 1. The Labute approximate surface area is 174 Å². The number of hydrogen-bond donors (Lipinski definition) is 2. The molecule has 0 bridgehead atoms. The molecule has 7 atom stereocenters. The van der Waals surface area contributed by atoms with Crippen LogP contribution in [0.2, 0.25) is 0 Å². The van der Waals surface area contributed by atoms with Gasteiger partial charge >= 0.3 is 5.97 Å². The molecule has 1 saturated heterocycles. The van der Waals surface area contributed by atoms with Crippen LogP contribution in [0.25, 0.3) is 0 Å². The van der Waals surface area contributed by atoms with E-state index in [2.05, 4.69) is 39.1 Å². The average Bonchev–Trinajstić information content (AvgIpc) is 2.90. The maximum atomic E-state index is 13.4. The molecule has 2 aliphatic heterocycles. The summed E-state index contributed by atoms with van der Waals surface area (Å²) in [5, 5.41) is 13.4. The van der Waals surface area contributed by atoms with Gasteiger partial charge in [0.05, 0.1) is 12.5 Å². The Bertz CT molecular complexity index is 737. The van der Waals surface area contributed by atoms with Crippen molar-refractivity contribution in [1.29, 1.82) is 0 Å². The van der Waals surface area contributed by atoms with Crippen molar-refractivity contribution in [3.63, 3.8) is 0 Å². The largest absolute Gasteiger partial charge is 0.447 e. The minimum absolute atomic E-state index is 0.0194. The molecule has 1 amide bonds. The second-order valence-electron chi connectivity index (χ2n) is 9.49. The second kappa shape index (κ2) is 8.47. The molecule has 29 heavy (non-hydrogen) atoms. The van der Waals surface area contributed by atoms with E-state index < -0.39 is 17.7 Å². The topological polar surface area (TPSA) is 75.6 Å². The number of esters is 1. The molecule has 3 rings (SSSR count). The summed E-state index contributed by atoms with van der Waals surface area (Å²) in [6.07, 6.45) is 10.4. The van der Waals surface area contributed by atoms with Gasteiger partial charge < -0.3 is 15.2 Å². The van der Waals surface area contributed by atoms with Crippen molar-refractivity contribution in [2.75, 3.05) is 0 Å². The van der Waals surface area contributed by atoms with Gasteiger partial charge in [0.2, 0.25) is 5.60 Å². The summed E-state index contributed by atoms with van der Waals surface area (Å²) in [5.74, 6) is -0.419. The van der Waals surface area contributed by atoms with Crippen LogP contribution in [-0.4, -0.2) is 34.7 Å². The van der Waals surface area contributed by atoms with Crippen molar-refractivity contribution in [2.24, 2.45) is 29.6 Å². The van der Waals surface area contributed by atoms with Crippen LogP contribution in [0, 0.1) is 29.6 Å². The monoisotopic (exact) mass is 401 g/mol. The lowest BCUT2D eigenvalue weighted by Gasteiger charge is -2.45. The van der Waals surface area contributed by atoms with E-state index in [1.165, 1.54) is 5.57 Å². The van der Waals surface area contributed by atoms with E-state index >= 15 is 0 Å². The lowest BCUT2D eigenvalue weighted by atomic mass is 9.63. The zero-order chi connectivity index (χ0) is 21.3. The smallest absolute Gasteiger partial charge is 0.310 e. The number of nitrogens with one attached hydrogen (secondary N) is 1. The highest BCUT2D eigenvalue weighted by Gasteiger charge is 2.64. The van der Waals surface area contributed by atoms with Crippen molar-refractivity contribution >= 4 is 11.9 Å². The number of aliphatic hydroxyl groups is 1. The summed E-state index contributed by atoms with van der Waals surface area (Å²) in [4.78, 5) is 26.1. The number of carbonyl (C=O) groups is 2. The van der Waals surface area contributed by atoms with E-state index in [1.807, 2.05) is 19.1 Å². The molecule has 2 heterocycles. The third kappa shape index (κ3) is 4.07. The fraction of sp³-hybridized carbons (Fsp3) is 0.667. The van der Waals surface area contributed by atoms with Crippen molar-refractivity contribution in [2.45, 2.75) is 71.6 Å². The number of rotatable bonds is 2. The van der Waals surface area contributed by atoms with E-state index in [-0.39, 0.29) is 42.0 Å². The number of ether oxygens (including phenoxy) is 1. The number of allylic oxidation sites excluding steroid dienone is 2. The van der Waals surface area contributed by atoms with Gasteiger partial charge in [0.25, 0.3) is 5.91 Å². The van der Waals surface area contributed by atoms with E-state index in [0.29, 0.717) is 12.3 Å². The number of carbonyl (C=O) groups excluding carboxylic acids is 2. The molecule has 1 aliphatic carbocycles. The highest BCUT2D eigenvalue weighted by atomic mass is 16.6. The summed E-state index contributed by atoms with van der Waals surface area (Å²) in [7, 11) is 0. The maximum absolute atomic E-state index is 13.4. The highest BCUT2D eigenvalue weighted by Crippen LogP contribution is 2.50. The fourth-order valence-electron chi connectivity index (χ4n) is 5.15. The first kappa shape index (κ1) is 21.8. The second-order valence-corrected chi connectivity index (χ2v) is 9.49. The lowest BCUT2D eigenvalue weighted by molar-refractivity contribution is -0.176. The molecule has 7 unspecified atom stereocenters. The van der Waals surface area contributed by atoms with Crippen molar-refractivity contribution in [1.82, 2.24) is 5.32 Å².